The summed E-state index contributed by atoms with van der Waals surface area (Å²) in [7, 11) is 0. The molecule has 1 atom stereocenters. The number of rotatable bonds is 2. The van der Waals surface area contributed by atoms with Crippen molar-refractivity contribution in [3.05, 3.63) is 34.9 Å². The molecule has 19 heavy (non-hydrogen) atoms. The van der Waals surface area contributed by atoms with Crippen LogP contribution in [0, 0.1) is 0 Å². The normalized spacial score (nSPS) is 23.3. The zero-order valence-corrected chi connectivity index (χ0v) is 10.7. The van der Waals surface area contributed by atoms with Gasteiger partial charge in [-0.2, -0.15) is 0 Å². The molecule has 2 heterocycles. The Morgan fingerprint density at radius 2 is 2.16 bits per heavy atom. The number of nitrogens with two attached hydrogens (primary N) is 1. The Morgan fingerprint density at radius 1 is 1.32 bits per heavy atom. The zero-order valence-electron chi connectivity index (χ0n) is 10.7. The topological polar surface area (TPSA) is 75.4 Å². The minimum Gasteiger partial charge on any atom is -0.326 e. The van der Waals surface area contributed by atoms with E-state index in [-0.39, 0.29) is 17.9 Å². The van der Waals surface area contributed by atoms with Crippen LogP contribution in [0.3, 0.4) is 0 Å². The number of benzene rings is 1. The van der Waals surface area contributed by atoms with E-state index in [0.29, 0.717) is 19.4 Å². The molecule has 1 saturated heterocycles. The van der Waals surface area contributed by atoms with Crippen molar-refractivity contribution < 1.29 is 9.59 Å². The van der Waals surface area contributed by atoms with E-state index in [0.717, 1.165) is 18.7 Å². The summed E-state index contributed by atoms with van der Waals surface area (Å²) in [5.41, 5.74) is 9.38. The van der Waals surface area contributed by atoms with Gasteiger partial charge in [0.25, 0.3) is 0 Å². The summed E-state index contributed by atoms with van der Waals surface area (Å²) >= 11 is 0. The van der Waals surface area contributed by atoms with Crippen LogP contribution in [0.2, 0.25) is 0 Å². The number of fused-ring (bicyclic) bond motifs is 1. The maximum Gasteiger partial charge on any atom is 0.243 e. The van der Waals surface area contributed by atoms with Crippen molar-refractivity contribution in [2.24, 2.45) is 5.73 Å². The molecule has 1 fully saturated rings. The molecule has 1 aromatic carbocycles. The second kappa shape index (κ2) is 4.75. The smallest absolute Gasteiger partial charge is 0.243 e. The first-order chi connectivity index (χ1) is 9.19. The molecular weight excluding hydrogens is 242 g/mol. The highest BCUT2D eigenvalue weighted by Gasteiger charge is 2.35. The minimum atomic E-state index is -0.198. The lowest BCUT2D eigenvalue weighted by molar-refractivity contribution is -0.137. The number of carbonyl (C=O) groups excluding carboxylic acids is 2. The van der Waals surface area contributed by atoms with Crippen LogP contribution in [0.25, 0.3) is 0 Å². The van der Waals surface area contributed by atoms with Gasteiger partial charge in [0.1, 0.15) is 0 Å². The molecular formula is C14H17N3O2. The first-order valence-corrected chi connectivity index (χ1v) is 6.56. The van der Waals surface area contributed by atoms with E-state index in [9.17, 15) is 9.59 Å². The van der Waals surface area contributed by atoms with Crippen LogP contribution < -0.4 is 11.1 Å². The first-order valence-electron chi connectivity index (χ1n) is 6.56. The Morgan fingerprint density at radius 3 is 2.89 bits per heavy atom. The monoisotopic (exact) mass is 259 g/mol. The van der Waals surface area contributed by atoms with Gasteiger partial charge in [0.05, 0.1) is 6.04 Å². The number of hydrogen-bond acceptors (Lipinski definition) is 4. The molecule has 5 nitrogen and oxygen atoms in total. The van der Waals surface area contributed by atoms with Gasteiger partial charge in [-0.3, -0.25) is 19.8 Å². The standard InChI is InChI=1S/C14H17N3O2/c15-6-9-2-1-3-10-7-17(8-11(9)10)12-4-5-13(18)16-14(12)19/h1-3,12H,4-8,15H2,(H,16,18,19). The fraction of sp³-hybridized carbons (Fsp3) is 0.429. The average Bonchev–Trinajstić information content (AvgIpc) is 2.81. The van der Waals surface area contributed by atoms with Crippen molar-refractivity contribution in [2.75, 3.05) is 0 Å². The molecule has 1 aromatic rings. The first kappa shape index (κ1) is 12.3. The summed E-state index contributed by atoms with van der Waals surface area (Å²) in [6.07, 6.45) is 1.03. The third-order valence-electron chi connectivity index (χ3n) is 3.98. The number of imide groups is 1. The summed E-state index contributed by atoms with van der Waals surface area (Å²) in [4.78, 5) is 25.2. The SMILES string of the molecule is NCc1cccc2c1CN(C1CCC(=O)NC1=O)C2. The summed E-state index contributed by atoms with van der Waals surface area (Å²) in [5.74, 6) is -0.334. The number of amides is 2. The summed E-state index contributed by atoms with van der Waals surface area (Å²) in [6, 6.07) is 5.93. The highest BCUT2D eigenvalue weighted by molar-refractivity contribution is 6.00. The molecule has 1 unspecified atom stereocenters. The van der Waals surface area contributed by atoms with Crippen LogP contribution in [0.1, 0.15) is 29.5 Å². The van der Waals surface area contributed by atoms with Crippen LogP contribution in [0.4, 0.5) is 0 Å². The van der Waals surface area contributed by atoms with Crippen molar-refractivity contribution >= 4 is 11.8 Å². The molecule has 5 heteroatoms. The fourth-order valence-electron chi connectivity index (χ4n) is 2.96. The maximum atomic E-state index is 11.9. The molecule has 100 valence electrons. The van der Waals surface area contributed by atoms with E-state index in [4.69, 9.17) is 5.73 Å². The highest BCUT2D eigenvalue weighted by Crippen LogP contribution is 2.29. The molecule has 2 amide bonds. The Labute approximate surface area is 111 Å². The zero-order chi connectivity index (χ0) is 13.4. The third kappa shape index (κ3) is 2.15. The van der Waals surface area contributed by atoms with Gasteiger partial charge < -0.3 is 5.73 Å². The Hall–Kier alpha value is -1.72. The fourth-order valence-corrected chi connectivity index (χ4v) is 2.96. The molecule has 0 bridgehead atoms. The van der Waals surface area contributed by atoms with Gasteiger partial charge in [0, 0.05) is 26.1 Å². The van der Waals surface area contributed by atoms with Crippen LogP contribution in [-0.2, 0) is 29.2 Å². The van der Waals surface area contributed by atoms with Crippen molar-refractivity contribution in [3.63, 3.8) is 0 Å². The number of nitrogens with zero attached hydrogens (tertiary/aromatic N) is 1. The van der Waals surface area contributed by atoms with Gasteiger partial charge in [-0.25, -0.2) is 0 Å². The lowest BCUT2D eigenvalue weighted by Crippen LogP contribution is -2.50. The van der Waals surface area contributed by atoms with E-state index in [1.807, 2.05) is 12.1 Å². The van der Waals surface area contributed by atoms with E-state index in [1.54, 1.807) is 0 Å². The van der Waals surface area contributed by atoms with E-state index in [2.05, 4.69) is 16.3 Å². The van der Waals surface area contributed by atoms with Gasteiger partial charge in [0.15, 0.2) is 0 Å². The second-order valence-electron chi connectivity index (χ2n) is 5.13. The molecule has 2 aliphatic rings. The second-order valence-corrected chi connectivity index (χ2v) is 5.13. The lowest BCUT2D eigenvalue weighted by Gasteiger charge is -2.29. The molecule has 2 aliphatic heterocycles. The quantitative estimate of drug-likeness (QED) is 0.747. The Kier molecular flexibility index (Phi) is 3.08. The van der Waals surface area contributed by atoms with Crippen molar-refractivity contribution in [2.45, 2.75) is 38.5 Å². The van der Waals surface area contributed by atoms with Crippen LogP contribution in [0.15, 0.2) is 18.2 Å². The Balaban J connectivity index is 1.80. The molecule has 0 radical (unpaired) electrons. The van der Waals surface area contributed by atoms with Crippen molar-refractivity contribution in [3.8, 4) is 0 Å². The van der Waals surface area contributed by atoms with Gasteiger partial charge in [0.2, 0.25) is 11.8 Å². The van der Waals surface area contributed by atoms with Gasteiger partial charge in [-0.05, 0) is 23.1 Å². The van der Waals surface area contributed by atoms with E-state index < -0.39 is 0 Å². The molecule has 0 aliphatic carbocycles. The largest absolute Gasteiger partial charge is 0.326 e. The number of carbonyl (C=O) groups is 2. The average molecular weight is 259 g/mol. The number of nitrogens with one attached hydrogen (secondary N) is 1. The van der Waals surface area contributed by atoms with Crippen LogP contribution in [0.5, 0.6) is 0 Å². The molecule has 3 N–H and O–H groups in total. The summed E-state index contributed by atoms with van der Waals surface area (Å²) < 4.78 is 0. The summed E-state index contributed by atoms with van der Waals surface area (Å²) in [5, 5.41) is 2.42. The molecule has 0 spiro atoms. The van der Waals surface area contributed by atoms with E-state index >= 15 is 0 Å². The van der Waals surface area contributed by atoms with Gasteiger partial charge in [-0.1, -0.05) is 18.2 Å². The van der Waals surface area contributed by atoms with Crippen molar-refractivity contribution in [1.82, 2.24) is 10.2 Å². The minimum absolute atomic E-state index is 0.166. The summed E-state index contributed by atoms with van der Waals surface area (Å²) in [6.45, 7) is 2.02. The van der Waals surface area contributed by atoms with Gasteiger partial charge in [-0.15, -0.1) is 0 Å². The van der Waals surface area contributed by atoms with Gasteiger partial charge >= 0.3 is 0 Å². The van der Waals surface area contributed by atoms with Crippen LogP contribution >= 0.6 is 0 Å². The highest BCUT2D eigenvalue weighted by atomic mass is 16.2. The van der Waals surface area contributed by atoms with E-state index in [1.165, 1.54) is 11.1 Å². The van der Waals surface area contributed by atoms with Crippen LogP contribution in [-0.4, -0.2) is 22.8 Å². The predicted molar refractivity (Wildman–Crippen MR) is 69.8 cm³/mol. The Bertz CT molecular complexity index is 541. The predicted octanol–water partition coefficient (Wildman–Crippen LogP) is 0.266. The lowest BCUT2D eigenvalue weighted by atomic mass is 10.0. The number of hydrogen-bond donors (Lipinski definition) is 2. The molecule has 3 rings (SSSR count). The van der Waals surface area contributed by atoms with Crippen molar-refractivity contribution in [1.29, 1.82) is 0 Å². The number of piperidine rings is 1. The maximum absolute atomic E-state index is 11.9. The molecule has 0 aromatic heterocycles. The molecule has 0 saturated carbocycles. The third-order valence-corrected chi connectivity index (χ3v) is 3.98.